The van der Waals surface area contributed by atoms with Crippen molar-refractivity contribution in [2.45, 2.75) is 68.6 Å². The number of pyridine rings is 1. The lowest BCUT2D eigenvalue weighted by atomic mass is 9.90. The van der Waals surface area contributed by atoms with Crippen LogP contribution < -0.4 is 10.5 Å². The molecule has 2 heterocycles. The van der Waals surface area contributed by atoms with Crippen molar-refractivity contribution < 1.29 is 22.9 Å². The average Bonchev–Trinajstić information content (AvgIpc) is 3.46. The highest BCUT2D eigenvalue weighted by Gasteiger charge is 2.32. The summed E-state index contributed by atoms with van der Waals surface area (Å²) in [4.78, 5) is 17.4. The van der Waals surface area contributed by atoms with Crippen molar-refractivity contribution >= 4 is 33.0 Å². The van der Waals surface area contributed by atoms with Gasteiger partial charge in [-0.1, -0.05) is 0 Å². The number of aliphatic hydroxyl groups is 1. The minimum atomic E-state index is -3.64. The number of nitrogens with zero attached hydrogens (tertiary/aromatic N) is 2. The summed E-state index contributed by atoms with van der Waals surface area (Å²) in [5.41, 5.74) is 2.61. The molecule has 3 aromatic rings. The molecule has 1 aromatic carbocycles. The molecule has 0 spiro atoms. The van der Waals surface area contributed by atoms with Crippen molar-refractivity contribution in [3.63, 3.8) is 0 Å². The molecule has 5 rings (SSSR count). The van der Waals surface area contributed by atoms with Crippen LogP contribution in [0.2, 0.25) is 0 Å². The predicted molar refractivity (Wildman–Crippen MR) is 140 cm³/mol. The van der Waals surface area contributed by atoms with Gasteiger partial charge in [0.15, 0.2) is 9.92 Å². The fraction of sp³-hybridized carbons (Fsp3) is 0.385. The first-order valence-corrected chi connectivity index (χ1v) is 14.5. The van der Waals surface area contributed by atoms with Crippen LogP contribution in [0.15, 0.2) is 33.0 Å². The fourth-order valence-electron chi connectivity index (χ4n) is 5.29. The standard InChI is InChI=1S/C26H28F2N4O3S2/c1-26(2,34)23-17-6-3-4-7-18(17)24(36-23)37(29,35)32-25(33)31-22-16-9-5-8-15(16)20(27)13-19(22)14-10-11-30-21(28)12-14/h10-13,34H,3-9H2,1-2H3,(H3,29,31,32,33,35). The number of carbonyl (C=O) groups is 1. The van der Waals surface area contributed by atoms with Gasteiger partial charge in [-0.05, 0) is 98.7 Å². The Labute approximate surface area is 218 Å². The number of halogens is 2. The van der Waals surface area contributed by atoms with E-state index in [-0.39, 0.29) is 5.56 Å². The highest BCUT2D eigenvalue weighted by Crippen LogP contribution is 2.43. The monoisotopic (exact) mass is 546 g/mol. The molecule has 4 N–H and O–H groups in total. The van der Waals surface area contributed by atoms with Crippen LogP contribution in [-0.2, 0) is 41.2 Å². The number of benzene rings is 1. The summed E-state index contributed by atoms with van der Waals surface area (Å²) in [6.07, 6.45) is 6.22. The van der Waals surface area contributed by atoms with Crippen molar-refractivity contribution in [3.8, 4) is 11.1 Å². The van der Waals surface area contributed by atoms with Crippen LogP contribution in [-0.4, -0.2) is 20.3 Å². The quantitative estimate of drug-likeness (QED) is 0.368. The van der Waals surface area contributed by atoms with Gasteiger partial charge in [0.25, 0.3) is 0 Å². The van der Waals surface area contributed by atoms with Gasteiger partial charge in [-0.25, -0.2) is 23.5 Å². The normalized spacial score (nSPS) is 16.6. The second-order valence-corrected chi connectivity index (χ2v) is 13.0. The highest BCUT2D eigenvalue weighted by molar-refractivity contribution is 7.93. The second kappa shape index (κ2) is 9.54. The molecule has 1 atom stereocenters. The number of aromatic nitrogens is 1. The molecule has 7 nitrogen and oxygen atoms in total. The largest absolute Gasteiger partial charge is 0.385 e. The smallest absolute Gasteiger partial charge is 0.354 e. The van der Waals surface area contributed by atoms with E-state index in [0.717, 1.165) is 47.8 Å². The Balaban J connectivity index is 1.57. The molecule has 0 fully saturated rings. The van der Waals surface area contributed by atoms with Gasteiger partial charge in [-0.3, -0.25) is 0 Å². The Morgan fingerprint density at radius 1 is 1.11 bits per heavy atom. The molecule has 2 amide bonds. The molecular weight excluding hydrogens is 518 g/mol. The van der Waals surface area contributed by atoms with E-state index in [1.54, 1.807) is 13.8 Å². The summed E-state index contributed by atoms with van der Waals surface area (Å²) in [5, 5.41) is 19.5. The maximum absolute atomic E-state index is 14.9. The van der Waals surface area contributed by atoms with Crippen LogP contribution in [0.5, 0.6) is 0 Å². The molecule has 2 aromatic heterocycles. The Hall–Kier alpha value is -2.73. The maximum atomic E-state index is 14.9. The van der Waals surface area contributed by atoms with Crippen LogP contribution in [0.25, 0.3) is 11.1 Å². The molecular formula is C26H28F2N4O3S2. The van der Waals surface area contributed by atoms with Crippen molar-refractivity contribution in [1.29, 1.82) is 0 Å². The number of hydrogen-bond acceptors (Lipinski definition) is 5. The summed E-state index contributed by atoms with van der Waals surface area (Å²) >= 11 is 1.14. The third-order valence-corrected chi connectivity index (χ3v) is 10.4. The summed E-state index contributed by atoms with van der Waals surface area (Å²) in [5.74, 6) is -1.17. The Kier molecular flexibility index (Phi) is 6.68. The number of thiophene rings is 1. The highest BCUT2D eigenvalue weighted by atomic mass is 32.2. The number of nitrogens with two attached hydrogens (primary N) is 1. The SMILES string of the molecule is CC(C)(O)c1sc(S(N)(=O)=NC(=O)Nc2c(-c3ccnc(F)c3)cc(F)c3c2CCC3)c2c1CCCC2. The van der Waals surface area contributed by atoms with Gasteiger partial charge in [0.1, 0.15) is 10.0 Å². The van der Waals surface area contributed by atoms with E-state index in [1.165, 1.54) is 18.3 Å². The van der Waals surface area contributed by atoms with E-state index in [0.29, 0.717) is 57.1 Å². The lowest BCUT2D eigenvalue weighted by Gasteiger charge is -2.20. The van der Waals surface area contributed by atoms with Crippen molar-refractivity contribution in [3.05, 3.63) is 63.3 Å². The molecule has 2 aliphatic rings. The van der Waals surface area contributed by atoms with E-state index in [4.69, 9.17) is 5.14 Å². The zero-order valence-electron chi connectivity index (χ0n) is 20.6. The van der Waals surface area contributed by atoms with Crippen molar-refractivity contribution in [1.82, 2.24) is 4.98 Å². The number of hydrogen-bond donors (Lipinski definition) is 3. The minimum Gasteiger partial charge on any atom is -0.385 e. The van der Waals surface area contributed by atoms with Crippen LogP contribution in [0.3, 0.4) is 0 Å². The third kappa shape index (κ3) is 4.93. The predicted octanol–water partition coefficient (Wildman–Crippen LogP) is 5.62. The Bertz CT molecular complexity index is 1540. The molecule has 1 unspecified atom stereocenters. The van der Waals surface area contributed by atoms with Gasteiger partial charge >= 0.3 is 6.03 Å². The van der Waals surface area contributed by atoms with E-state index in [9.17, 15) is 22.9 Å². The number of fused-ring (bicyclic) bond motifs is 2. The zero-order valence-corrected chi connectivity index (χ0v) is 22.2. The zero-order chi connectivity index (χ0) is 26.5. The van der Waals surface area contributed by atoms with Crippen LogP contribution in [0.1, 0.15) is 60.2 Å². The van der Waals surface area contributed by atoms with E-state index in [1.807, 2.05) is 0 Å². The van der Waals surface area contributed by atoms with Gasteiger partial charge in [0, 0.05) is 22.7 Å². The number of rotatable bonds is 4. The third-order valence-electron chi connectivity index (χ3n) is 6.84. The molecule has 0 aliphatic heterocycles. The lowest BCUT2D eigenvalue weighted by Crippen LogP contribution is -2.19. The van der Waals surface area contributed by atoms with Gasteiger partial charge in [-0.15, -0.1) is 15.7 Å². The van der Waals surface area contributed by atoms with Crippen LogP contribution in [0, 0.1) is 11.8 Å². The fourth-order valence-corrected chi connectivity index (χ4v) is 8.22. The lowest BCUT2D eigenvalue weighted by molar-refractivity contribution is 0.0814. The number of amides is 2. The van der Waals surface area contributed by atoms with Gasteiger partial charge < -0.3 is 10.4 Å². The van der Waals surface area contributed by atoms with Crippen molar-refractivity contribution in [2.24, 2.45) is 9.50 Å². The molecule has 0 radical (unpaired) electrons. The van der Waals surface area contributed by atoms with E-state index in [2.05, 4.69) is 14.7 Å². The Morgan fingerprint density at radius 3 is 2.49 bits per heavy atom. The maximum Gasteiger partial charge on any atom is 0.354 e. The average molecular weight is 547 g/mol. The molecule has 0 saturated heterocycles. The minimum absolute atomic E-state index is 0.282. The van der Waals surface area contributed by atoms with E-state index >= 15 is 0 Å². The van der Waals surface area contributed by atoms with E-state index < -0.39 is 33.3 Å². The first-order chi connectivity index (χ1) is 17.5. The molecule has 0 saturated carbocycles. The summed E-state index contributed by atoms with van der Waals surface area (Å²) in [6.45, 7) is 3.33. The number of carbonyl (C=O) groups excluding carboxylic acids is 1. The number of urea groups is 1. The van der Waals surface area contributed by atoms with Gasteiger partial charge in [0.05, 0.1) is 11.3 Å². The molecule has 37 heavy (non-hydrogen) atoms. The first-order valence-electron chi connectivity index (χ1n) is 12.1. The van der Waals surface area contributed by atoms with Gasteiger partial charge in [0.2, 0.25) is 5.95 Å². The topological polar surface area (TPSA) is 118 Å². The molecule has 11 heteroatoms. The van der Waals surface area contributed by atoms with Crippen LogP contribution in [0.4, 0.5) is 19.3 Å². The van der Waals surface area contributed by atoms with Crippen molar-refractivity contribution in [2.75, 3.05) is 5.32 Å². The Morgan fingerprint density at radius 2 is 1.78 bits per heavy atom. The molecule has 0 bridgehead atoms. The molecule has 196 valence electrons. The number of nitrogens with one attached hydrogen (secondary N) is 1. The summed E-state index contributed by atoms with van der Waals surface area (Å²) < 4.78 is 46.6. The number of anilines is 1. The molecule has 2 aliphatic carbocycles. The van der Waals surface area contributed by atoms with Crippen LogP contribution >= 0.6 is 11.3 Å². The first kappa shape index (κ1) is 25.9. The summed E-state index contributed by atoms with van der Waals surface area (Å²) in [6, 6.07) is 3.01. The van der Waals surface area contributed by atoms with Gasteiger partial charge in [-0.2, -0.15) is 4.39 Å². The summed E-state index contributed by atoms with van der Waals surface area (Å²) in [7, 11) is -3.64. The second-order valence-electron chi connectivity index (χ2n) is 9.99.